The lowest BCUT2D eigenvalue weighted by atomic mass is 9.77. The van der Waals surface area contributed by atoms with Crippen LogP contribution in [0.15, 0.2) is 54.1 Å². The van der Waals surface area contributed by atoms with Crippen LogP contribution in [0.3, 0.4) is 0 Å². The third-order valence-corrected chi connectivity index (χ3v) is 6.52. The second-order valence-electron chi connectivity index (χ2n) is 8.53. The molecule has 0 saturated heterocycles. The minimum Gasteiger partial charge on any atom is -0.491 e. The van der Waals surface area contributed by atoms with E-state index < -0.39 is 17.4 Å². The van der Waals surface area contributed by atoms with Crippen LogP contribution in [0.1, 0.15) is 76.3 Å². The predicted molar refractivity (Wildman–Crippen MR) is 117 cm³/mol. The maximum atomic E-state index is 15.4. The number of hydrogen-bond donors (Lipinski definition) is 0. The van der Waals surface area contributed by atoms with E-state index in [2.05, 4.69) is 19.1 Å². The zero-order valence-corrected chi connectivity index (χ0v) is 18.0. The molecule has 2 unspecified atom stereocenters. The van der Waals surface area contributed by atoms with Crippen molar-refractivity contribution < 1.29 is 13.5 Å². The van der Waals surface area contributed by atoms with E-state index in [1.807, 2.05) is 12.1 Å². The van der Waals surface area contributed by atoms with E-state index >= 15 is 4.39 Å². The van der Waals surface area contributed by atoms with Crippen molar-refractivity contribution in [1.82, 2.24) is 0 Å². The number of halogens is 2. The van der Waals surface area contributed by atoms with Gasteiger partial charge in [0.1, 0.15) is 0 Å². The molecule has 158 valence electrons. The first-order chi connectivity index (χ1) is 14.0. The average Bonchev–Trinajstić information content (AvgIpc) is 2.74. The Morgan fingerprint density at radius 3 is 2.41 bits per heavy atom. The van der Waals surface area contributed by atoms with Crippen LogP contribution in [0.4, 0.5) is 8.78 Å². The van der Waals surface area contributed by atoms with Crippen LogP contribution in [0.5, 0.6) is 0 Å². The van der Waals surface area contributed by atoms with Gasteiger partial charge in [0.15, 0.2) is 17.3 Å². The second-order valence-corrected chi connectivity index (χ2v) is 8.53. The van der Waals surface area contributed by atoms with Crippen molar-refractivity contribution in [1.29, 1.82) is 0 Å². The summed E-state index contributed by atoms with van der Waals surface area (Å²) in [5, 5.41) is 0. The number of rotatable bonds is 7. The fourth-order valence-corrected chi connectivity index (χ4v) is 4.62. The molecule has 0 aliphatic heterocycles. The average molecular weight is 401 g/mol. The first-order valence-electron chi connectivity index (χ1n) is 11.2. The van der Waals surface area contributed by atoms with E-state index in [4.69, 9.17) is 4.74 Å². The molecule has 0 N–H and O–H groups in total. The molecule has 2 aliphatic rings. The summed E-state index contributed by atoms with van der Waals surface area (Å²) in [6.07, 6.45) is 14.0. The number of alkyl halides is 1. The third-order valence-electron chi connectivity index (χ3n) is 6.52. The summed E-state index contributed by atoms with van der Waals surface area (Å²) in [6, 6.07) is 8.33. The van der Waals surface area contributed by atoms with Gasteiger partial charge in [0.2, 0.25) is 0 Å². The van der Waals surface area contributed by atoms with Gasteiger partial charge in [-0.2, -0.15) is 0 Å². The summed E-state index contributed by atoms with van der Waals surface area (Å²) in [6.45, 7) is 6.02. The van der Waals surface area contributed by atoms with Crippen molar-refractivity contribution in [2.75, 3.05) is 6.61 Å². The summed E-state index contributed by atoms with van der Waals surface area (Å²) in [7, 11) is 0. The van der Waals surface area contributed by atoms with Crippen LogP contribution in [-0.4, -0.2) is 12.3 Å². The van der Waals surface area contributed by atoms with Crippen molar-refractivity contribution in [2.45, 2.75) is 70.9 Å². The Morgan fingerprint density at radius 1 is 1.10 bits per heavy atom. The summed E-state index contributed by atoms with van der Waals surface area (Å²) >= 11 is 0. The van der Waals surface area contributed by atoms with E-state index in [0.29, 0.717) is 12.5 Å². The van der Waals surface area contributed by atoms with Crippen LogP contribution >= 0.6 is 0 Å². The molecule has 29 heavy (non-hydrogen) atoms. The van der Waals surface area contributed by atoms with Crippen molar-refractivity contribution in [3.63, 3.8) is 0 Å². The SMILES string of the molecule is CCCC1CCC(c2ccc(C=CC3(F)C(F)=C(OCC)C=CC3C)cc2)CC1. The monoisotopic (exact) mass is 400 g/mol. The van der Waals surface area contributed by atoms with Gasteiger partial charge in [0.05, 0.1) is 6.61 Å². The van der Waals surface area contributed by atoms with Gasteiger partial charge in [0.25, 0.3) is 0 Å². The molecule has 1 saturated carbocycles. The van der Waals surface area contributed by atoms with E-state index in [-0.39, 0.29) is 5.76 Å². The molecule has 1 aromatic carbocycles. The van der Waals surface area contributed by atoms with Crippen LogP contribution in [-0.2, 0) is 4.74 Å². The molecule has 1 fully saturated rings. The van der Waals surface area contributed by atoms with Crippen LogP contribution < -0.4 is 0 Å². The smallest absolute Gasteiger partial charge is 0.190 e. The first-order valence-corrected chi connectivity index (χ1v) is 11.2. The Bertz CT molecular complexity index is 753. The van der Waals surface area contributed by atoms with Crippen molar-refractivity contribution in [3.05, 3.63) is 65.2 Å². The molecule has 1 nitrogen and oxygen atoms in total. The van der Waals surface area contributed by atoms with E-state index in [0.717, 1.165) is 11.5 Å². The fraction of sp³-hybridized carbons (Fsp3) is 0.538. The van der Waals surface area contributed by atoms with E-state index in [9.17, 15) is 4.39 Å². The van der Waals surface area contributed by atoms with Crippen molar-refractivity contribution in [2.24, 2.45) is 11.8 Å². The normalized spacial score (nSPS) is 30.2. The van der Waals surface area contributed by atoms with Crippen molar-refractivity contribution in [3.8, 4) is 0 Å². The third kappa shape index (κ3) is 4.99. The molecule has 1 aromatic rings. The molecule has 0 aromatic heterocycles. The molecule has 0 spiro atoms. The molecule has 0 bridgehead atoms. The quantitative estimate of drug-likeness (QED) is 0.452. The lowest BCUT2D eigenvalue weighted by molar-refractivity contribution is 0.148. The van der Waals surface area contributed by atoms with E-state index in [1.54, 1.807) is 26.0 Å². The lowest BCUT2D eigenvalue weighted by Gasteiger charge is -2.29. The summed E-state index contributed by atoms with van der Waals surface area (Å²) < 4.78 is 35.4. The number of allylic oxidation sites excluding steroid dienone is 4. The van der Waals surface area contributed by atoms with Crippen LogP contribution in [0.25, 0.3) is 6.08 Å². The minimum atomic E-state index is -2.17. The Kier molecular flexibility index (Phi) is 7.32. The maximum Gasteiger partial charge on any atom is 0.190 e. The Balaban J connectivity index is 1.68. The highest BCUT2D eigenvalue weighted by Crippen LogP contribution is 2.41. The Morgan fingerprint density at radius 2 is 1.79 bits per heavy atom. The standard InChI is InChI=1S/C26H34F2O/c1-4-6-20-8-12-22(13-9-20)23-14-10-21(11-15-23)17-18-26(28)19(3)7-16-24(25(26)27)29-5-2/h7,10-11,14-20,22H,4-6,8-9,12-13H2,1-3H3. The molecular weight excluding hydrogens is 366 g/mol. The molecule has 0 amide bonds. The number of hydrogen-bond acceptors (Lipinski definition) is 1. The highest BCUT2D eigenvalue weighted by Gasteiger charge is 2.42. The molecule has 2 aliphatic carbocycles. The molecule has 0 heterocycles. The molecule has 3 heteroatoms. The Labute approximate surface area is 174 Å². The summed E-state index contributed by atoms with van der Waals surface area (Å²) in [5.74, 6) is 0.0971. The molecule has 0 radical (unpaired) electrons. The highest BCUT2D eigenvalue weighted by atomic mass is 19.2. The van der Waals surface area contributed by atoms with Gasteiger partial charge in [-0.25, -0.2) is 8.78 Å². The highest BCUT2D eigenvalue weighted by molar-refractivity contribution is 5.54. The topological polar surface area (TPSA) is 9.23 Å². The van der Waals surface area contributed by atoms with Crippen LogP contribution in [0.2, 0.25) is 0 Å². The number of ether oxygens (including phenoxy) is 1. The number of benzene rings is 1. The van der Waals surface area contributed by atoms with Crippen molar-refractivity contribution >= 4 is 6.08 Å². The van der Waals surface area contributed by atoms with Gasteiger partial charge in [-0.05, 0) is 67.7 Å². The minimum absolute atomic E-state index is 0.00762. The Hall–Kier alpha value is -1.90. The maximum absolute atomic E-state index is 15.4. The summed E-state index contributed by atoms with van der Waals surface area (Å²) in [4.78, 5) is 0. The lowest BCUT2D eigenvalue weighted by Crippen LogP contribution is -2.32. The van der Waals surface area contributed by atoms with E-state index in [1.165, 1.54) is 56.2 Å². The van der Waals surface area contributed by atoms with Gasteiger partial charge >= 0.3 is 0 Å². The summed E-state index contributed by atoms with van der Waals surface area (Å²) in [5.41, 5.74) is 0.0824. The van der Waals surface area contributed by atoms with Gasteiger partial charge < -0.3 is 4.74 Å². The molecule has 2 atom stereocenters. The first kappa shape index (κ1) is 21.8. The second kappa shape index (κ2) is 9.73. The zero-order valence-electron chi connectivity index (χ0n) is 18.0. The molecular formula is C26H34F2O. The van der Waals surface area contributed by atoms with Gasteiger partial charge in [-0.3, -0.25) is 0 Å². The van der Waals surface area contributed by atoms with Crippen LogP contribution in [0, 0.1) is 11.8 Å². The predicted octanol–water partition coefficient (Wildman–Crippen LogP) is 7.91. The van der Waals surface area contributed by atoms with Gasteiger partial charge in [0, 0.05) is 5.92 Å². The zero-order chi connectivity index (χ0) is 20.9. The molecule has 3 rings (SSSR count). The largest absolute Gasteiger partial charge is 0.491 e. The van der Waals surface area contributed by atoms with Gasteiger partial charge in [-0.1, -0.05) is 63.1 Å². The fourth-order valence-electron chi connectivity index (χ4n) is 4.62. The van der Waals surface area contributed by atoms with Gasteiger partial charge in [-0.15, -0.1) is 0 Å².